The molecular formula is C22H22N6O5. The summed E-state index contributed by atoms with van der Waals surface area (Å²) in [5.74, 6) is 2.30. The Kier molecular flexibility index (Phi) is 6.60. The molecule has 0 bridgehead atoms. The summed E-state index contributed by atoms with van der Waals surface area (Å²) < 4.78 is 10.6. The van der Waals surface area contributed by atoms with Crippen molar-refractivity contribution in [1.82, 2.24) is 9.97 Å². The topological polar surface area (TPSA) is 132 Å². The molecule has 0 aliphatic carbocycles. The van der Waals surface area contributed by atoms with Crippen molar-refractivity contribution in [3.63, 3.8) is 0 Å². The van der Waals surface area contributed by atoms with Gasteiger partial charge in [-0.25, -0.2) is 14.8 Å². The molecule has 4 rings (SSSR count). The van der Waals surface area contributed by atoms with E-state index < -0.39 is 11.0 Å². The molecule has 1 amide bonds. The van der Waals surface area contributed by atoms with E-state index in [2.05, 4.69) is 25.5 Å². The molecular weight excluding hydrogens is 428 g/mol. The van der Waals surface area contributed by atoms with Crippen LogP contribution in [-0.4, -0.2) is 47.3 Å². The van der Waals surface area contributed by atoms with Crippen LogP contribution in [0.25, 0.3) is 0 Å². The molecule has 2 aromatic carbocycles. The third kappa shape index (κ3) is 5.92. The number of aromatic nitrogens is 2. The van der Waals surface area contributed by atoms with Crippen molar-refractivity contribution in [2.24, 2.45) is 0 Å². The zero-order valence-corrected chi connectivity index (χ0v) is 17.9. The Morgan fingerprint density at radius 1 is 1.09 bits per heavy atom. The van der Waals surface area contributed by atoms with Crippen LogP contribution >= 0.6 is 0 Å². The maximum absolute atomic E-state index is 12.2. The number of rotatable bonds is 6. The van der Waals surface area contributed by atoms with Crippen LogP contribution in [0, 0.1) is 17.0 Å². The standard InChI is InChI=1S/C22H22N6O5/c1-15-23-20(14-21(24-15)27-9-11-32-12-10-27)25-16-3-2-4-17(13-16)26-22(29)33-19-7-5-18(6-8-19)28(30)31/h2-8,13-14H,9-12H2,1H3,(H,26,29)(H,23,24,25). The first-order chi connectivity index (χ1) is 16.0. The molecule has 3 aromatic rings. The lowest BCUT2D eigenvalue weighted by Crippen LogP contribution is -2.36. The third-order valence-electron chi connectivity index (χ3n) is 4.80. The van der Waals surface area contributed by atoms with E-state index >= 15 is 0 Å². The van der Waals surface area contributed by atoms with E-state index in [0.717, 1.165) is 18.9 Å². The van der Waals surface area contributed by atoms with Gasteiger partial charge in [-0.15, -0.1) is 0 Å². The van der Waals surface area contributed by atoms with Gasteiger partial charge in [0.05, 0.1) is 18.1 Å². The molecule has 33 heavy (non-hydrogen) atoms. The van der Waals surface area contributed by atoms with Gasteiger partial charge in [0, 0.05) is 42.7 Å². The number of nitro groups is 1. The molecule has 0 spiro atoms. The first kappa shape index (κ1) is 22.0. The summed E-state index contributed by atoms with van der Waals surface area (Å²) in [6.45, 7) is 4.70. The first-order valence-corrected chi connectivity index (χ1v) is 10.2. The van der Waals surface area contributed by atoms with Crippen LogP contribution in [0.2, 0.25) is 0 Å². The van der Waals surface area contributed by atoms with Gasteiger partial charge in [-0.05, 0) is 37.3 Å². The second-order valence-corrected chi connectivity index (χ2v) is 7.23. The van der Waals surface area contributed by atoms with Crippen LogP contribution < -0.4 is 20.3 Å². The number of morpholine rings is 1. The van der Waals surface area contributed by atoms with Crippen molar-refractivity contribution in [1.29, 1.82) is 0 Å². The molecule has 1 saturated heterocycles. The summed E-state index contributed by atoms with van der Waals surface area (Å²) in [5.41, 5.74) is 1.14. The van der Waals surface area contributed by atoms with E-state index in [4.69, 9.17) is 9.47 Å². The predicted octanol–water partition coefficient (Wildman–Crippen LogP) is 3.88. The minimum Gasteiger partial charge on any atom is -0.410 e. The van der Waals surface area contributed by atoms with Gasteiger partial charge in [-0.2, -0.15) is 0 Å². The average molecular weight is 450 g/mol. The second kappa shape index (κ2) is 9.92. The van der Waals surface area contributed by atoms with Crippen molar-refractivity contribution in [2.45, 2.75) is 6.92 Å². The number of aryl methyl sites for hydroxylation is 1. The fourth-order valence-electron chi connectivity index (χ4n) is 3.28. The summed E-state index contributed by atoms with van der Waals surface area (Å²) in [7, 11) is 0. The molecule has 1 aliphatic rings. The van der Waals surface area contributed by atoms with E-state index in [0.29, 0.717) is 36.2 Å². The van der Waals surface area contributed by atoms with Crippen LogP contribution in [0.1, 0.15) is 5.82 Å². The van der Waals surface area contributed by atoms with Gasteiger partial charge >= 0.3 is 6.09 Å². The maximum Gasteiger partial charge on any atom is 0.417 e. The summed E-state index contributed by atoms with van der Waals surface area (Å²) in [6.07, 6.45) is -0.714. The SMILES string of the molecule is Cc1nc(Nc2cccc(NC(=O)Oc3ccc([N+](=O)[O-])cc3)c2)cc(N2CCOCC2)n1. The Balaban J connectivity index is 1.41. The van der Waals surface area contributed by atoms with Gasteiger partial charge in [-0.1, -0.05) is 6.07 Å². The number of hydrogen-bond acceptors (Lipinski definition) is 9. The fourth-order valence-corrected chi connectivity index (χ4v) is 3.28. The quantitative estimate of drug-likeness (QED) is 0.424. The van der Waals surface area contributed by atoms with Crippen LogP contribution in [0.15, 0.2) is 54.6 Å². The molecule has 1 fully saturated rings. The van der Waals surface area contributed by atoms with E-state index in [-0.39, 0.29) is 11.4 Å². The molecule has 11 nitrogen and oxygen atoms in total. The number of nitro benzene ring substituents is 1. The number of amides is 1. The van der Waals surface area contributed by atoms with E-state index in [1.807, 2.05) is 19.1 Å². The van der Waals surface area contributed by atoms with Crippen LogP contribution in [0.4, 0.5) is 33.5 Å². The molecule has 0 atom stereocenters. The lowest BCUT2D eigenvalue weighted by atomic mass is 10.2. The highest BCUT2D eigenvalue weighted by molar-refractivity contribution is 5.87. The van der Waals surface area contributed by atoms with Crippen molar-refractivity contribution >= 4 is 34.8 Å². The van der Waals surface area contributed by atoms with Gasteiger partial charge in [0.25, 0.3) is 5.69 Å². The predicted molar refractivity (Wildman–Crippen MR) is 122 cm³/mol. The largest absolute Gasteiger partial charge is 0.417 e. The van der Waals surface area contributed by atoms with E-state index in [9.17, 15) is 14.9 Å². The number of carbonyl (C=O) groups excluding carboxylic acids is 1. The van der Waals surface area contributed by atoms with Gasteiger partial charge in [0.15, 0.2) is 0 Å². The molecule has 0 radical (unpaired) electrons. The maximum atomic E-state index is 12.2. The van der Waals surface area contributed by atoms with Crippen molar-refractivity contribution in [2.75, 3.05) is 41.8 Å². The smallest absolute Gasteiger partial charge is 0.410 e. The van der Waals surface area contributed by atoms with Crippen molar-refractivity contribution in [3.8, 4) is 5.75 Å². The minimum absolute atomic E-state index is 0.0849. The minimum atomic E-state index is -0.714. The zero-order valence-electron chi connectivity index (χ0n) is 17.9. The van der Waals surface area contributed by atoms with Crippen LogP contribution in [0.3, 0.4) is 0 Å². The fraction of sp³-hybridized carbons (Fsp3) is 0.227. The highest BCUT2D eigenvalue weighted by atomic mass is 16.6. The molecule has 1 aliphatic heterocycles. The molecule has 170 valence electrons. The average Bonchev–Trinajstić information content (AvgIpc) is 2.80. The molecule has 0 unspecified atom stereocenters. The Hall–Kier alpha value is -4.25. The Bertz CT molecular complexity index is 1150. The van der Waals surface area contributed by atoms with Crippen molar-refractivity contribution < 1.29 is 19.2 Å². The molecule has 2 heterocycles. The summed E-state index contributed by atoms with van der Waals surface area (Å²) >= 11 is 0. The van der Waals surface area contributed by atoms with E-state index in [1.54, 1.807) is 18.2 Å². The zero-order chi connectivity index (χ0) is 23.2. The third-order valence-corrected chi connectivity index (χ3v) is 4.80. The molecule has 2 N–H and O–H groups in total. The summed E-state index contributed by atoms with van der Waals surface area (Å²) in [6, 6.07) is 14.2. The second-order valence-electron chi connectivity index (χ2n) is 7.23. The van der Waals surface area contributed by atoms with Crippen molar-refractivity contribution in [3.05, 3.63) is 70.5 Å². The number of carbonyl (C=O) groups is 1. The number of anilines is 4. The number of benzene rings is 2. The molecule has 0 saturated carbocycles. The highest BCUT2D eigenvalue weighted by Crippen LogP contribution is 2.23. The van der Waals surface area contributed by atoms with Crippen LogP contribution in [0.5, 0.6) is 5.75 Å². The summed E-state index contributed by atoms with van der Waals surface area (Å²) in [5, 5.41) is 16.6. The number of nitrogens with one attached hydrogen (secondary N) is 2. The van der Waals surface area contributed by atoms with Crippen LogP contribution in [-0.2, 0) is 4.74 Å². The van der Waals surface area contributed by atoms with Gasteiger partial charge in [0.2, 0.25) is 0 Å². The lowest BCUT2D eigenvalue weighted by Gasteiger charge is -2.28. The number of nitrogens with zero attached hydrogens (tertiary/aromatic N) is 4. The number of non-ortho nitro benzene ring substituents is 1. The highest BCUT2D eigenvalue weighted by Gasteiger charge is 2.14. The van der Waals surface area contributed by atoms with Gasteiger partial charge in [0.1, 0.15) is 23.2 Å². The molecule has 1 aromatic heterocycles. The van der Waals surface area contributed by atoms with Gasteiger partial charge in [-0.3, -0.25) is 15.4 Å². The van der Waals surface area contributed by atoms with Gasteiger partial charge < -0.3 is 19.7 Å². The number of ether oxygens (including phenoxy) is 2. The monoisotopic (exact) mass is 450 g/mol. The Labute approximate surface area is 189 Å². The Morgan fingerprint density at radius 3 is 2.55 bits per heavy atom. The molecule has 11 heteroatoms. The summed E-state index contributed by atoms with van der Waals surface area (Å²) in [4.78, 5) is 33.5. The first-order valence-electron chi connectivity index (χ1n) is 10.2. The normalized spacial score (nSPS) is 13.3. The van der Waals surface area contributed by atoms with E-state index in [1.165, 1.54) is 24.3 Å². The Morgan fingerprint density at radius 2 is 1.82 bits per heavy atom. The lowest BCUT2D eigenvalue weighted by molar-refractivity contribution is -0.384. The number of hydrogen-bond donors (Lipinski definition) is 2.